The van der Waals surface area contributed by atoms with E-state index in [0.717, 1.165) is 35.7 Å². The number of nitrogens with one attached hydrogen (secondary N) is 1. The number of rotatable bonds is 7. The van der Waals surface area contributed by atoms with Crippen LogP contribution in [0.25, 0.3) is 0 Å². The SMILES string of the molecule is COc1ccc(C2(CNC(=O)c3ccc(S(=O)(=O)N(C)C)cc3)CCCC2)cc1. The van der Waals surface area contributed by atoms with Gasteiger partial charge in [0.25, 0.3) is 5.91 Å². The van der Waals surface area contributed by atoms with Gasteiger partial charge in [-0.1, -0.05) is 25.0 Å². The topological polar surface area (TPSA) is 75.7 Å². The van der Waals surface area contributed by atoms with Gasteiger partial charge in [0.05, 0.1) is 12.0 Å². The number of carbonyl (C=O) groups is 1. The summed E-state index contributed by atoms with van der Waals surface area (Å²) in [5.74, 6) is 0.622. The van der Waals surface area contributed by atoms with Gasteiger partial charge in [0.15, 0.2) is 0 Å². The van der Waals surface area contributed by atoms with Gasteiger partial charge in [0.2, 0.25) is 10.0 Å². The quantitative estimate of drug-likeness (QED) is 0.752. The Morgan fingerprint density at radius 3 is 2.14 bits per heavy atom. The molecule has 0 atom stereocenters. The predicted octanol–water partition coefficient (Wildman–Crippen LogP) is 3.19. The Kier molecular flexibility index (Phi) is 6.29. The summed E-state index contributed by atoms with van der Waals surface area (Å²) in [5.41, 5.74) is 1.59. The molecule has 0 unspecified atom stereocenters. The Hall–Kier alpha value is -2.38. The average molecular weight is 417 g/mol. The zero-order valence-corrected chi connectivity index (χ0v) is 18.0. The fraction of sp³-hybridized carbons (Fsp3) is 0.409. The van der Waals surface area contributed by atoms with E-state index in [1.54, 1.807) is 19.2 Å². The summed E-state index contributed by atoms with van der Waals surface area (Å²) in [6, 6.07) is 14.1. The molecule has 1 aliphatic carbocycles. The first-order valence-electron chi connectivity index (χ1n) is 9.74. The lowest BCUT2D eigenvalue weighted by Gasteiger charge is -2.30. The normalized spacial score (nSPS) is 16.0. The van der Waals surface area contributed by atoms with Crippen molar-refractivity contribution >= 4 is 15.9 Å². The Labute approximate surface area is 172 Å². The highest BCUT2D eigenvalue weighted by Gasteiger charge is 2.36. The molecule has 0 spiro atoms. The number of benzene rings is 2. The molecule has 1 amide bonds. The molecule has 1 fully saturated rings. The van der Waals surface area contributed by atoms with Gasteiger partial charge in [-0.3, -0.25) is 4.79 Å². The number of ether oxygens (including phenoxy) is 1. The first-order valence-corrected chi connectivity index (χ1v) is 11.2. The lowest BCUT2D eigenvalue weighted by Crippen LogP contribution is -2.39. The fourth-order valence-electron chi connectivity index (χ4n) is 3.90. The number of nitrogens with zero attached hydrogens (tertiary/aromatic N) is 1. The molecular weight excluding hydrogens is 388 g/mol. The van der Waals surface area contributed by atoms with Gasteiger partial charge in [-0.05, 0) is 54.8 Å². The third-order valence-electron chi connectivity index (χ3n) is 5.75. The number of hydrogen-bond donors (Lipinski definition) is 1. The number of carbonyl (C=O) groups excluding carboxylic acids is 1. The highest BCUT2D eigenvalue weighted by molar-refractivity contribution is 7.89. The number of hydrogen-bond acceptors (Lipinski definition) is 4. The predicted molar refractivity (Wildman–Crippen MR) is 113 cm³/mol. The Balaban J connectivity index is 1.72. The van der Waals surface area contributed by atoms with E-state index in [9.17, 15) is 13.2 Å². The molecule has 0 radical (unpaired) electrons. The van der Waals surface area contributed by atoms with E-state index in [1.807, 2.05) is 12.1 Å². The molecular formula is C22H28N2O4S. The third-order valence-corrected chi connectivity index (χ3v) is 7.57. The smallest absolute Gasteiger partial charge is 0.251 e. The summed E-state index contributed by atoms with van der Waals surface area (Å²) in [5, 5.41) is 3.06. The van der Waals surface area contributed by atoms with Crippen LogP contribution in [0.2, 0.25) is 0 Å². The van der Waals surface area contributed by atoms with Crippen LogP contribution in [-0.2, 0) is 15.4 Å². The van der Waals surface area contributed by atoms with E-state index < -0.39 is 10.0 Å². The van der Waals surface area contributed by atoms with E-state index in [4.69, 9.17) is 4.74 Å². The van der Waals surface area contributed by atoms with Crippen LogP contribution >= 0.6 is 0 Å². The Morgan fingerprint density at radius 1 is 1.03 bits per heavy atom. The second-order valence-electron chi connectivity index (χ2n) is 7.71. The second kappa shape index (κ2) is 8.55. The highest BCUT2D eigenvalue weighted by Crippen LogP contribution is 2.41. The monoisotopic (exact) mass is 416 g/mol. The van der Waals surface area contributed by atoms with Crippen LogP contribution in [-0.4, -0.2) is 46.4 Å². The lowest BCUT2D eigenvalue weighted by atomic mass is 9.78. The van der Waals surface area contributed by atoms with E-state index in [-0.39, 0.29) is 16.2 Å². The van der Waals surface area contributed by atoms with Crippen molar-refractivity contribution in [3.05, 3.63) is 59.7 Å². The molecule has 7 heteroatoms. The highest BCUT2D eigenvalue weighted by atomic mass is 32.2. The van der Waals surface area contributed by atoms with E-state index >= 15 is 0 Å². The average Bonchev–Trinajstić information content (AvgIpc) is 3.22. The molecule has 1 saturated carbocycles. The Morgan fingerprint density at radius 2 is 1.62 bits per heavy atom. The summed E-state index contributed by atoms with van der Waals surface area (Å²) in [6.07, 6.45) is 4.33. The van der Waals surface area contributed by atoms with Crippen molar-refractivity contribution in [2.45, 2.75) is 36.0 Å². The largest absolute Gasteiger partial charge is 0.497 e. The molecule has 1 aliphatic rings. The first kappa shape index (κ1) is 21.3. The summed E-state index contributed by atoms with van der Waals surface area (Å²) in [4.78, 5) is 12.9. The minimum atomic E-state index is -3.50. The van der Waals surface area contributed by atoms with E-state index in [0.29, 0.717) is 12.1 Å². The molecule has 0 aliphatic heterocycles. The first-order chi connectivity index (χ1) is 13.8. The number of methoxy groups -OCH3 is 1. The van der Waals surface area contributed by atoms with Gasteiger partial charge in [-0.15, -0.1) is 0 Å². The van der Waals surface area contributed by atoms with Crippen molar-refractivity contribution in [1.29, 1.82) is 0 Å². The molecule has 29 heavy (non-hydrogen) atoms. The van der Waals surface area contributed by atoms with Crippen LogP contribution in [0, 0.1) is 0 Å². The summed E-state index contributed by atoms with van der Waals surface area (Å²) in [7, 11) is 1.11. The van der Waals surface area contributed by atoms with E-state index in [1.165, 1.54) is 31.8 Å². The van der Waals surface area contributed by atoms with E-state index in [2.05, 4.69) is 17.4 Å². The van der Waals surface area contributed by atoms with Crippen molar-refractivity contribution in [3.63, 3.8) is 0 Å². The number of sulfonamides is 1. The third kappa shape index (κ3) is 4.46. The molecule has 0 bridgehead atoms. The maximum absolute atomic E-state index is 12.7. The van der Waals surface area contributed by atoms with Crippen LogP contribution in [0.3, 0.4) is 0 Å². The minimum Gasteiger partial charge on any atom is -0.497 e. The van der Waals surface area contributed by atoms with Gasteiger partial charge in [-0.2, -0.15) is 0 Å². The van der Waals surface area contributed by atoms with Gasteiger partial charge in [0, 0.05) is 31.6 Å². The molecule has 0 aromatic heterocycles. The van der Waals surface area contributed by atoms with Crippen molar-refractivity contribution in [3.8, 4) is 5.75 Å². The molecule has 0 heterocycles. The van der Waals surface area contributed by atoms with Gasteiger partial charge < -0.3 is 10.1 Å². The fourth-order valence-corrected chi connectivity index (χ4v) is 4.81. The van der Waals surface area contributed by atoms with Crippen molar-refractivity contribution in [2.75, 3.05) is 27.7 Å². The molecule has 2 aromatic carbocycles. The van der Waals surface area contributed by atoms with Crippen molar-refractivity contribution < 1.29 is 17.9 Å². The van der Waals surface area contributed by atoms with Gasteiger partial charge >= 0.3 is 0 Å². The molecule has 2 aromatic rings. The lowest BCUT2D eigenvalue weighted by molar-refractivity contribution is 0.0943. The molecule has 156 valence electrons. The minimum absolute atomic E-state index is 0.0733. The van der Waals surface area contributed by atoms with Crippen molar-refractivity contribution in [1.82, 2.24) is 9.62 Å². The summed E-state index contributed by atoms with van der Waals surface area (Å²) in [6.45, 7) is 0.551. The maximum atomic E-state index is 12.7. The summed E-state index contributed by atoms with van der Waals surface area (Å²) < 4.78 is 30.8. The standard InChI is InChI=1S/C22H28N2O4S/c1-24(2)29(26,27)20-12-6-17(7-13-20)21(25)23-16-22(14-4-5-15-22)18-8-10-19(28-3)11-9-18/h6-13H,4-5,14-16H2,1-3H3,(H,23,25). The van der Waals surface area contributed by atoms with Crippen LogP contribution in [0.15, 0.2) is 53.4 Å². The Bertz CT molecular complexity index is 945. The van der Waals surface area contributed by atoms with Crippen LogP contribution < -0.4 is 10.1 Å². The zero-order chi connectivity index (χ0) is 21.1. The molecule has 3 rings (SSSR count). The zero-order valence-electron chi connectivity index (χ0n) is 17.1. The van der Waals surface area contributed by atoms with Gasteiger partial charge in [0.1, 0.15) is 5.75 Å². The van der Waals surface area contributed by atoms with Crippen molar-refractivity contribution in [2.24, 2.45) is 0 Å². The van der Waals surface area contributed by atoms with Crippen LogP contribution in [0.5, 0.6) is 5.75 Å². The number of amides is 1. The second-order valence-corrected chi connectivity index (χ2v) is 9.86. The summed E-state index contributed by atoms with van der Waals surface area (Å²) >= 11 is 0. The molecule has 1 N–H and O–H groups in total. The molecule has 6 nitrogen and oxygen atoms in total. The van der Waals surface area contributed by atoms with Gasteiger partial charge in [-0.25, -0.2) is 12.7 Å². The maximum Gasteiger partial charge on any atom is 0.251 e. The van der Waals surface area contributed by atoms with Crippen LogP contribution in [0.1, 0.15) is 41.6 Å². The molecule has 0 saturated heterocycles. The van der Waals surface area contributed by atoms with Crippen LogP contribution in [0.4, 0.5) is 0 Å².